The zero-order valence-corrected chi connectivity index (χ0v) is 21.0. The van der Waals surface area contributed by atoms with Crippen LogP contribution >= 0.6 is 0 Å². The third-order valence-corrected chi connectivity index (χ3v) is 1.18. The summed E-state index contributed by atoms with van der Waals surface area (Å²) in [5.74, 6) is 0.454. The summed E-state index contributed by atoms with van der Waals surface area (Å²) < 4.78 is 0. The molecule has 0 bridgehead atoms. The molecule has 0 spiro atoms. The van der Waals surface area contributed by atoms with E-state index in [1.165, 1.54) is 0 Å². The fourth-order valence-corrected chi connectivity index (χ4v) is 0.600. The van der Waals surface area contributed by atoms with Gasteiger partial charge in [0, 0.05) is 13.3 Å². The predicted molar refractivity (Wildman–Crippen MR) is 111 cm³/mol. The van der Waals surface area contributed by atoms with E-state index in [1.807, 2.05) is 60.8 Å². The summed E-state index contributed by atoms with van der Waals surface area (Å²) in [4.78, 5) is 0. The van der Waals surface area contributed by atoms with Crippen molar-refractivity contribution in [1.82, 2.24) is 5.43 Å². The molecule has 23 heavy (non-hydrogen) atoms. The first-order valence-corrected chi connectivity index (χ1v) is 8.18. The molecular weight excluding hydrogens is 307 g/mol. The van der Waals surface area contributed by atoms with Gasteiger partial charge in [-0.05, 0) is 19.3 Å². The summed E-state index contributed by atoms with van der Waals surface area (Å²) in [6.07, 6.45) is 11.1. The molecule has 0 fully saturated rings. The van der Waals surface area contributed by atoms with Crippen LogP contribution in [0, 0.1) is 12.0 Å². The molecule has 0 radical (unpaired) electrons. The van der Waals surface area contributed by atoms with Crippen molar-refractivity contribution in [2.24, 2.45) is 11.0 Å². The Morgan fingerprint density at radius 2 is 1.39 bits per heavy atom. The average molecular weight is 351 g/mol. The van der Waals surface area contributed by atoms with Gasteiger partial charge in [-0.15, -0.1) is 19.7 Å². The van der Waals surface area contributed by atoms with Crippen molar-refractivity contribution < 1.29 is 51.4 Å². The van der Waals surface area contributed by atoms with Crippen LogP contribution in [0.2, 0.25) is 0 Å². The van der Waals surface area contributed by atoms with Crippen molar-refractivity contribution in [1.29, 1.82) is 0 Å². The van der Waals surface area contributed by atoms with E-state index in [4.69, 9.17) is 0 Å². The molecule has 1 unspecified atom stereocenters. The Kier molecular flexibility index (Phi) is 151. The minimum atomic E-state index is 0. The zero-order valence-electron chi connectivity index (χ0n) is 17.9. The maximum Gasteiger partial charge on any atom is 1.00 e. The van der Waals surface area contributed by atoms with Gasteiger partial charge in [-0.2, -0.15) is 11.2 Å². The first kappa shape index (κ1) is 43.5. The maximum absolute atomic E-state index is 3.90. The Balaban J connectivity index is -0.0000000360. The van der Waals surface area contributed by atoms with Crippen LogP contribution in [0.25, 0.3) is 0 Å². The number of hydrogen-bond donors (Lipinski definition) is 1. The van der Waals surface area contributed by atoms with Gasteiger partial charge in [0.25, 0.3) is 0 Å². The standard InChI is InChI=1S/C9H15N2.C3H6.3C2H6.C2H4.K/c1-4-5-6-7-9(2)8-11-10-3;1-3-2;4*1-2;/h4,6,8-10H,1,7H2,2-3H3;3H,1H2,2H3;3*1-2H3;1-2H2;/q-1;;;;;;+1/b11-8-;;;;;;. The van der Waals surface area contributed by atoms with Gasteiger partial charge in [-0.1, -0.05) is 54.5 Å². The molecule has 134 valence electrons. The Labute approximate surface area is 191 Å². The molecule has 0 aliphatic rings. The summed E-state index contributed by atoms with van der Waals surface area (Å²) in [6.45, 7) is 28.9. The fourth-order valence-electron chi connectivity index (χ4n) is 0.600. The normalized spacial score (nSPS) is 8.22. The van der Waals surface area contributed by atoms with Gasteiger partial charge in [-0.25, -0.2) is 12.7 Å². The first-order valence-electron chi connectivity index (χ1n) is 8.18. The SMILES string of the molecule is C=C.C=CC.C=C[C-]=CCC(C)/C=N\NC.CC.CC.CC.[K+]. The van der Waals surface area contributed by atoms with Gasteiger partial charge >= 0.3 is 51.4 Å². The van der Waals surface area contributed by atoms with Crippen LogP contribution in [0.3, 0.4) is 0 Å². The molecule has 1 N–H and O–H groups in total. The van der Waals surface area contributed by atoms with Crippen LogP contribution in [0.1, 0.15) is 61.8 Å². The van der Waals surface area contributed by atoms with Crippen molar-refractivity contribution >= 4 is 6.21 Å². The quantitative estimate of drug-likeness (QED) is 0.200. The largest absolute Gasteiger partial charge is 1.00 e. The van der Waals surface area contributed by atoms with Crippen molar-refractivity contribution in [3.63, 3.8) is 0 Å². The summed E-state index contributed by atoms with van der Waals surface area (Å²) in [5, 5.41) is 3.90. The number of allylic oxidation sites excluding steroid dienone is 4. The van der Waals surface area contributed by atoms with Crippen LogP contribution in [-0.2, 0) is 0 Å². The minimum Gasteiger partial charge on any atom is -0.313 e. The molecule has 0 saturated heterocycles. The second-order valence-electron chi connectivity index (χ2n) is 2.70. The Bertz CT molecular complexity index is 200. The maximum atomic E-state index is 3.90. The number of hydrogen-bond acceptors (Lipinski definition) is 2. The Hall–Kier alpha value is 0.0664. The molecule has 3 heteroatoms. The van der Waals surface area contributed by atoms with Crippen LogP contribution in [-0.4, -0.2) is 13.3 Å². The molecule has 0 saturated carbocycles. The Morgan fingerprint density at radius 1 is 1.04 bits per heavy atom. The van der Waals surface area contributed by atoms with E-state index >= 15 is 0 Å². The Morgan fingerprint density at radius 3 is 1.65 bits per heavy atom. The van der Waals surface area contributed by atoms with Gasteiger partial charge < -0.3 is 5.43 Å². The van der Waals surface area contributed by atoms with Crippen molar-refractivity contribution in [2.75, 3.05) is 7.05 Å². The number of nitrogens with one attached hydrogen (secondary N) is 1. The van der Waals surface area contributed by atoms with Crippen molar-refractivity contribution in [2.45, 2.75) is 61.8 Å². The minimum absolute atomic E-state index is 0. The van der Waals surface area contributed by atoms with E-state index < -0.39 is 0 Å². The molecule has 0 amide bonds. The molecule has 0 aromatic carbocycles. The number of rotatable bonds is 5. The van der Waals surface area contributed by atoms with Crippen LogP contribution in [0.5, 0.6) is 0 Å². The third kappa shape index (κ3) is 108. The summed E-state index contributed by atoms with van der Waals surface area (Å²) in [6, 6.07) is 0. The van der Waals surface area contributed by atoms with Gasteiger partial charge in [0.1, 0.15) is 0 Å². The molecule has 2 nitrogen and oxygen atoms in total. The van der Waals surface area contributed by atoms with Gasteiger partial charge in [-0.3, -0.25) is 6.08 Å². The summed E-state index contributed by atoms with van der Waals surface area (Å²) in [7, 11) is 1.79. The van der Waals surface area contributed by atoms with Gasteiger partial charge in [0.05, 0.1) is 0 Å². The zero-order chi connectivity index (χ0) is 19.2. The van der Waals surface area contributed by atoms with Crippen molar-refractivity contribution in [3.05, 3.63) is 50.6 Å². The van der Waals surface area contributed by atoms with Gasteiger partial charge in [0.15, 0.2) is 0 Å². The van der Waals surface area contributed by atoms with E-state index in [0.29, 0.717) is 5.92 Å². The monoisotopic (exact) mass is 350 g/mol. The molecule has 0 aliphatic heterocycles. The smallest absolute Gasteiger partial charge is 0.313 e. The molecule has 0 rings (SSSR count). The van der Waals surface area contributed by atoms with Gasteiger partial charge in [0.2, 0.25) is 0 Å². The van der Waals surface area contributed by atoms with E-state index in [-0.39, 0.29) is 51.4 Å². The molecule has 0 aromatic rings. The van der Waals surface area contributed by atoms with Crippen LogP contribution < -0.4 is 56.8 Å². The topological polar surface area (TPSA) is 24.4 Å². The third-order valence-electron chi connectivity index (χ3n) is 1.18. The summed E-state index contributed by atoms with van der Waals surface area (Å²) in [5.41, 5.74) is 2.70. The molecule has 0 aromatic heterocycles. The number of hydrazone groups is 1. The van der Waals surface area contributed by atoms with E-state index in [1.54, 1.807) is 19.2 Å². The van der Waals surface area contributed by atoms with E-state index in [0.717, 1.165) is 6.42 Å². The van der Waals surface area contributed by atoms with Crippen LogP contribution in [0.4, 0.5) is 0 Å². The average Bonchev–Trinajstić information content (AvgIpc) is 2.61. The summed E-state index contributed by atoms with van der Waals surface area (Å²) >= 11 is 0. The first-order chi connectivity index (χ1) is 10.7. The number of nitrogens with zero attached hydrogens (tertiary/aromatic N) is 1. The van der Waals surface area contributed by atoms with E-state index in [9.17, 15) is 0 Å². The second kappa shape index (κ2) is 80.0. The van der Waals surface area contributed by atoms with Crippen molar-refractivity contribution in [3.8, 4) is 0 Å². The molecule has 0 aliphatic carbocycles. The van der Waals surface area contributed by atoms with Crippen LogP contribution in [0.15, 0.2) is 49.6 Å². The second-order valence-corrected chi connectivity index (χ2v) is 2.70. The molecule has 1 atom stereocenters. The van der Waals surface area contributed by atoms with E-state index in [2.05, 4.69) is 49.8 Å². The molecular formula is C20H43KN2. The fraction of sp³-hybridized carbons (Fsp3) is 0.550. The molecule has 0 heterocycles. The predicted octanol–water partition coefficient (Wildman–Crippen LogP) is 3.84.